The molecule has 0 saturated carbocycles. The minimum absolute atomic E-state index is 0. The number of carboxylic acid groups (broad SMARTS) is 1. The Morgan fingerprint density at radius 2 is 1.12 bits per heavy atom. The van der Waals surface area contributed by atoms with Gasteiger partial charge >= 0.3 is 27.7 Å². The van der Waals surface area contributed by atoms with Gasteiger partial charge in [-0.05, 0) is 20.8 Å². The van der Waals surface area contributed by atoms with Crippen LogP contribution in [0.5, 0.6) is 0 Å². The first-order valence-electron chi connectivity index (χ1n) is 8.74. The molecule has 0 amide bonds. The van der Waals surface area contributed by atoms with E-state index in [1.807, 2.05) is 0 Å². The van der Waals surface area contributed by atoms with E-state index in [0.717, 1.165) is 14.2 Å². The van der Waals surface area contributed by atoms with E-state index in [1.165, 1.54) is 51.4 Å². The standard InChI is InChI=1S/C13H17.C5H10O2.2CH3O.Ti/c1-3-7-12-10(5-1)9-11-6-2-4-8-13(11)12;1-5(2,3)4(6)7;2*1-2;/h9H,1-8H2;1-3H3,(H,6,7);2*1H3;/q-1;;2*-1;+3. The van der Waals surface area contributed by atoms with Crippen LogP contribution in [0, 0.1) is 5.41 Å². The third kappa shape index (κ3) is 8.59. The Labute approximate surface area is 167 Å². The van der Waals surface area contributed by atoms with Crippen molar-refractivity contribution in [3.8, 4) is 0 Å². The summed E-state index contributed by atoms with van der Waals surface area (Å²) in [5.74, 6) is -0.757. The van der Waals surface area contributed by atoms with Gasteiger partial charge in [-0.1, -0.05) is 51.4 Å². The first kappa shape index (κ1) is 26.7. The minimum atomic E-state index is -0.757. The number of hydrogen-bond acceptors (Lipinski definition) is 3. The maximum Gasteiger partial charge on any atom is 3.00 e. The molecule has 5 heteroatoms. The Morgan fingerprint density at radius 3 is 1.40 bits per heavy atom. The molecule has 141 valence electrons. The van der Waals surface area contributed by atoms with E-state index in [1.54, 1.807) is 43.0 Å². The Morgan fingerprint density at radius 1 is 0.840 bits per heavy atom. The number of fused-ring (bicyclic) bond motifs is 3. The van der Waals surface area contributed by atoms with Crippen molar-refractivity contribution in [2.24, 2.45) is 5.41 Å². The molecule has 25 heavy (non-hydrogen) atoms. The average Bonchev–Trinajstić information content (AvgIpc) is 2.97. The monoisotopic (exact) mass is 385 g/mol. The summed E-state index contributed by atoms with van der Waals surface area (Å²) >= 11 is 0. The van der Waals surface area contributed by atoms with Gasteiger partial charge in [-0.25, -0.2) is 0 Å². The molecule has 1 aromatic carbocycles. The van der Waals surface area contributed by atoms with Gasteiger partial charge in [0.05, 0.1) is 5.41 Å². The summed E-state index contributed by atoms with van der Waals surface area (Å²) in [5.41, 5.74) is 6.36. The van der Waals surface area contributed by atoms with E-state index < -0.39 is 11.4 Å². The fourth-order valence-corrected chi connectivity index (χ4v) is 3.08. The third-order valence-electron chi connectivity index (χ3n) is 4.38. The van der Waals surface area contributed by atoms with E-state index in [2.05, 4.69) is 6.07 Å². The van der Waals surface area contributed by atoms with Crippen LogP contribution in [0.2, 0.25) is 0 Å². The van der Waals surface area contributed by atoms with E-state index in [-0.39, 0.29) is 21.7 Å². The van der Waals surface area contributed by atoms with E-state index in [4.69, 9.17) is 15.3 Å². The van der Waals surface area contributed by atoms with Crippen LogP contribution < -0.4 is 10.2 Å². The Balaban J connectivity index is 0. The van der Waals surface area contributed by atoms with Gasteiger partial charge in [-0.15, -0.1) is 0 Å². The number of aliphatic carboxylic acids is 1. The van der Waals surface area contributed by atoms with Crippen LogP contribution >= 0.6 is 0 Å². The number of carboxylic acids is 1. The SMILES string of the molecule is CC(C)(C)C(=O)O.C[O-].C[O-].[Ti+3].[cH-]1c2c(c3c1CCCC3)CCCC2. The first-order chi connectivity index (χ1) is 11.4. The number of rotatable bonds is 0. The van der Waals surface area contributed by atoms with Crippen molar-refractivity contribution in [3.63, 3.8) is 0 Å². The summed E-state index contributed by atoms with van der Waals surface area (Å²) in [6.07, 6.45) is 11.2. The van der Waals surface area contributed by atoms with Crippen molar-refractivity contribution in [3.05, 3.63) is 28.3 Å². The van der Waals surface area contributed by atoms with Crippen molar-refractivity contribution in [1.29, 1.82) is 0 Å². The summed E-state index contributed by atoms with van der Waals surface area (Å²) in [7, 11) is 1.50. The summed E-state index contributed by atoms with van der Waals surface area (Å²) < 4.78 is 0. The molecule has 2 aliphatic carbocycles. The first-order valence-corrected chi connectivity index (χ1v) is 8.74. The molecular formula is C20H33O4Ti. The molecule has 2 aliphatic rings. The molecule has 1 aromatic rings. The van der Waals surface area contributed by atoms with Crippen LogP contribution in [-0.2, 0) is 52.2 Å². The topological polar surface area (TPSA) is 83.4 Å². The smallest absolute Gasteiger partial charge is 0.857 e. The molecule has 0 spiro atoms. The Bertz CT molecular complexity index is 456. The third-order valence-corrected chi connectivity index (χ3v) is 4.38. The van der Waals surface area contributed by atoms with Gasteiger partial charge in [0.2, 0.25) is 0 Å². The zero-order valence-electron chi connectivity index (χ0n) is 16.4. The molecule has 0 unspecified atom stereocenters. The van der Waals surface area contributed by atoms with Gasteiger partial charge in [-0.3, -0.25) is 4.79 Å². The molecule has 0 bridgehead atoms. The van der Waals surface area contributed by atoms with Crippen molar-refractivity contribution in [1.82, 2.24) is 0 Å². The zero-order valence-corrected chi connectivity index (χ0v) is 18.0. The van der Waals surface area contributed by atoms with Crippen molar-refractivity contribution >= 4 is 5.97 Å². The molecule has 0 aliphatic heterocycles. The fraction of sp³-hybridized carbons (Fsp3) is 0.700. The van der Waals surface area contributed by atoms with Gasteiger partial charge in [0.1, 0.15) is 0 Å². The molecule has 0 heterocycles. The van der Waals surface area contributed by atoms with Crippen LogP contribution in [0.1, 0.15) is 68.7 Å². The van der Waals surface area contributed by atoms with E-state index in [9.17, 15) is 4.79 Å². The van der Waals surface area contributed by atoms with Gasteiger partial charge in [0, 0.05) is 0 Å². The van der Waals surface area contributed by atoms with E-state index >= 15 is 0 Å². The van der Waals surface area contributed by atoms with Crippen LogP contribution in [-0.4, -0.2) is 25.3 Å². The van der Waals surface area contributed by atoms with Crippen LogP contribution in [0.25, 0.3) is 0 Å². The van der Waals surface area contributed by atoms with Crippen molar-refractivity contribution in [2.75, 3.05) is 14.2 Å². The summed E-state index contributed by atoms with van der Waals surface area (Å²) in [4.78, 5) is 10.0. The quantitative estimate of drug-likeness (QED) is 0.548. The second-order valence-electron chi connectivity index (χ2n) is 7.12. The minimum Gasteiger partial charge on any atom is -0.857 e. The van der Waals surface area contributed by atoms with Crippen LogP contribution in [0.15, 0.2) is 6.07 Å². The summed E-state index contributed by atoms with van der Waals surface area (Å²) in [5, 5.41) is 24.8. The molecule has 3 rings (SSSR count). The molecule has 0 atom stereocenters. The number of hydrogen-bond donors (Lipinski definition) is 1. The normalized spacial score (nSPS) is 14.5. The van der Waals surface area contributed by atoms with Gasteiger partial charge < -0.3 is 15.3 Å². The fourth-order valence-electron chi connectivity index (χ4n) is 3.08. The Kier molecular flexibility index (Phi) is 14.5. The number of carbonyl (C=O) groups is 1. The maximum absolute atomic E-state index is 10.0. The molecule has 1 N–H and O–H groups in total. The van der Waals surface area contributed by atoms with Crippen molar-refractivity contribution in [2.45, 2.75) is 72.1 Å². The predicted molar refractivity (Wildman–Crippen MR) is 94.3 cm³/mol. The summed E-state index contributed by atoms with van der Waals surface area (Å²) in [6.45, 7) is 4.99. The maximum atomic E-state index is 10.0. The van der Waals surface area contributed by atoms with Crippen LogP contribution in [0.4, 0.5) is 0 Å². The summed E-state index contributed by atoms with van der Waals surface area (Å²) in [6, 6.07) is 2.52. The second kappa shape index (κ2) is 13.6. The van der Waals surface area contributed by atoms with Crippen molar-refractivity contribution < 1.29 is 41.8 Å². The van der Waals surface area contributed by atoms with E-state index in [0.29, 0.717) is 0 Å². The number of aryl methyl sites for hydroxylation is 2. The van der Waals surface area contributed by atoms with Gasteiger partial charge in [0.25, 0.3) is 0 Å². The van der Waals surface area contributed by atoms with Gasteiger partial charge in [0.15, 0.2) is 0 Å². The van der Waals surface area contributed by atoms with Crippen LogP contribution in [0.3, 0.4) is 0 Å². The Hall–Kier alpha value is -0.546. The molecule has 0 aromatic heterocycles. The predicted octanol–water partition coefficient (Wildman–Crippen LogP) is 2.23. The second-order valence-corrected chi connectivity index (χ2v) is 7.12. The average molecular weight is 385 g/mol. The molecule has 4 nitrogen and oxygen atoms in total. The zero-order chi connectivity index (χ0) is 18.8. The van der Waals surface area contributed by atoms with Gasteiger partial charge in [-0.2, -0.15) is 42.5 Å². The molecule has 0 saturated heterocycles. The molecule has 0 fully saturated rings. The molecule has 1 radical (unpaired) electrons. The largest absolute Gasteiger partial charge is 3.00 e. The molecular weight excluding hydrogens is 352 g/mol.